The molecule has 1 aromatic carbocycles. The summed E-state index contributed by atoms with van der Waals surface area (Å²) in [5.41, 5.74) is 2.45. The molecule has 76 valence electrons. The van der Waals surface area contributed by atoms with E-state index in [0.29, 0.717) is 0 Å². The molecule has 0 amide bonds. The van der Waals surface area contributed by atoms with Gasteiger partial charge in [-0.1, -0.05) is 15.9 Å². The third kappa shape index (κ3) is 2.30. The van der Waals surface area contributed by atoms with Gasteiger partial charge in [-0.2, -0.15) is 0 Å². The summed E-state index contributed by atoms with van der Waals surface area (Å²) in [5.74, 6) is 1.86. The van der Waals surface area contributed by atoms with Crippen LogP contribution in [0.25, 0.3) is 0 Å². The van der Waals surface area contributed by atoms with E-state index in [4.69, 9.17) is 4.74 Å². The second-order valence-corrected chi connectivity index (χ2v) is 4.98. The van der Waals surface area contributed by atoms with Crippen molar-refractivity contribution in [2.45, 2.75) is 26.7 Å². The quantitative estimate of drug-likeness (QED) is 0.797. The van der Waals surface area contributed by atoms with E-state index in [-0.39, 0.29) is 0 Å². The van der Waals surface area contributed by atoms with E-state index in [1.165, 1.54) is 24.0 Å². The van der Waals surface area contributed by atoms with Gasteiger partial charge in [0.25, 0.3) is 0 Å². The van der Waals surface area contributed by atoms with Gasteiger partial charge in [0.05, 0.1) is 6.61 Å². The monoisotopic (exact) mass is 254 g/mol. The Kier molecular flexibility index (Phi) is 2.82. The van der Waals surface area contributed by atoms with Crippen molar-refractivity contribution in [3.05, 3.63) is 27.7 Å². The summed E-state index contributed by atoms with van der Waals surface area (Å²) in [7, 11) is 0. The predicted octanol–water partition coefficient (Wildman–Crippen LogP) is 3.85. The number of aryl methyl sites for hydroxylation is 2. The van der Waals surface area contributed by atoms with Gasteiger partial charge in [-0.15, -0.1) is 0 Å². The highest BCUT2D eigenvalue weighted by molar-refractivity contribution is 9.10. The Balaban J connectivity index is 2.10. The number of benzene rings is 1. The van der Waals surface area contributed by atoms with Crippen LogP contribution in [0.15, 0.2) is 16.6 Å². The summed E-state index contributed by atoms with van der Waals surface area (Å²) in [6, 6.07) is 4.24. The highest BCUT2D eigenvalue weighted by atomic mass is 79.9. The van der Waals surface area contributed by atoms with Gasteiger partial charge in [0.2, 0.25) is 0 Å². The summed E-state index contributed by atoms with van der Waals surface area (Å²) in [5, 5.41) is 0. The van der Waals surface area contributed by atoms with Gasteiger partial charge in [-0.05, 0) is 55.9 Å². The first-order valence-electron chi connectivity index (χ1n) is 5.06. The number of rotatable bonds is 3. The van der Waals surface area contributed by atoms with Crippen molar-refractivity contribution < 1.29 is 4.74 Å². The van der Waals surface area contributed by atoms with Crippen LogP contribution in [0.2, 0.25) is 0 Å². The van der Waals surface area contributed by atoms with Crippen molar-refractivity contribution in [3.63, 3.8) is 0 Å². The minimum absolute atomic E-state index is 0.818. The van der Waals surface area contributed by atoms with Gasteiger partial charge in [0.1, 0.15) is 5.75 Å². The Bertz CT molecular complexity index is 342. The molecule has 0 unspecified atom stereocenters. The Labute approximate surface area is 93.6 Å². The van der Waals surface area contributed by atoms with Crippen LogP contribution < -0.4 is 4.74 Å². The SMILES string of the molecule is Cc1cc(OCC2CC2)c(C)cc1Br. The fraction of sp³-hybridized carbons (Fsp3) is 0.500. The molecule has 2 heteroatoms. The second kappa shape index (κ2) is 3.93. The number of hydrogen-bond acceptors (Lipinski definition) is 1. The van der Waals surface area contributed by atoms with E-state index in [2.05, 4.69) is 41.9 Å². The molecule has 0 atom stereocenters. The molecule has 2 rings (SSSR count). The summed E-state index contributed by atoms with van der Waals surface area (Å²) < 4.78 is 6.94. The average Bonchev–Trinajstić information content (AvgIpc) is 2.92. The molecule has 1 aromatic rings. The fourth-order valence-electron chi connectivity index (χ4n) is 1.40. The van der Waals surface area contributed by atoms with Crippen LogP contribution in [0.4, 0.5) is 0 Å². The fourth-order valence-corrected chi connectivity index (χ4v) is 1.86. The molecule has 0 aliphatic heterocycles. The summed E-state index contributed by atoms with van der Waals surface area (Å²) in [6.45, 7) is 5.07. The predicted molar refractivity (Wildman–Crippen MR) is 61.8 cm³/mol. The van der Waals surface area contributed by atoms with Crippen molar-refractivity contribution >= 4 is 15.9 Å². The first-order valence-corrected chi connectivity index (χ1v) is 5.85. The zero-order chi connectivity index (χ0) is 10.1. The standard InChI is InChI=1S/C12H15BrO/c1-8-6-12(9(2)5-11(8)13)14-7-10-3-4-10/h5-6,10H,3-4,7H2,1-2H3. The topological polar surface area (TPSA) is 9.23 Å². The third-order valence-electron chi connectivity index (χ3n) is 2.63. The molecule has 0 N–H and O–H groups in total. The smallest absolute Gasteiger partial charge is 0.122 e. The van der Waals surface area contributed by atoms with E-state index in [1.807, 2.05) is 0 Å². The molecule has 0 radical (unpaired) electrons. The molecule has 0 heterocycles. The van der Waals surface area contributed by atoms with Crippen LogP contribution in [0.5, 0.6) is 5.75 Å². The maximum Gasteiger partial charge on any atom is 0.122 e. The van der Waals surface area contributed by atoms with Crippen molar-refractivity contribution in [2.24, 2.45) is 5.92 Å². The van der Waals surface area contributed by atoms with Gasteiger partial charge in [-0.3, -0.25) is 0 Å². The van der Waals surface area contributed by atoms with Crippen LogP contribution in [0.3, 0.4) is 0 Å². The lowest BCUT2D eigenvalue weighted by Crippen LogP contribution is -2.00. The van der Waals surface area contributed by atoms with Crippen molar-refractivity contribution in [1.82, 2.24) is 0 Å². The maximum absolute atomic E-state index is 5.78. The number of hydrogen-bond donors (Lipinski definition) is 0. The molecule has 1 aliphatic rings. The van der Waals surface area contributed by atoms with Crippen LogP contribution in [-0.4, -0.2) is 6.61 Å². The molecular weight excluding hydrogens is 240 g/mol. The number of ether oxygens (including phenoxy) is 1. The first kappa shape index (κ1) is 10.0. The maximum atomic E-state index is 5.78. The van der Waals surface area contributed by atoms with Gasteiger partial charge < -0.3 is 4.74 Å². The second-order valence-electron chi connectivity index (χ2n) is 4.12. The highest BCUT2D eigenvalue weighted by Gasteiger charge is 2.22. The first-order chi connectivity index (χ1) is 6.66. The summed E-state index contributed by atoms with van der Waals surface area (Å²) in [6.07, 6.45) is 2.68. The van der Waals surface area contributed by atoms with Gasteiger partial charge in [0, 0.05) is 4.47 Å². The zero-order valence-electron chi connectivity index (χ0n) is 8.64. The molecular formula is C12H15BrO. The van der Waals surface area contributed by atoms with Crippen LogP contribution >= 0.6 is 15.9 Å². The van der Waals surface area contributed by atoms with Gasteiger partial charge in [-0.25, -0.2) is 0 Å². The molecule has 1 aliphatic carbocycles. The average molecular weight is 255 g/mol. The lowest BCUT2D eigenvalue weighted by atomic mass is 10.1. The largest absolute Gasteiger partial charge is 0.493 e. The summed E-state index contributed by atoms with van der Waals surface area (Å²) >= 11 is 3.52. The van der Waals surface area contributed by atoms with Gasteiger partial charge >= 0.3 is 0 Å². The van der Waals surface area contributed by atoms with Crippen LogP contribution in [-0.2, 0) is 0 Å². The molecule has 14 heavy (non-hydrogen) atoms. The van der Waals surface area contributed by atoms with Crippen LogP contribution in [0, 0.1) is 19.8 Å². The molecule has 1 fully saturated rings. The zero-order valence-corrected chi connectivity index (χ0v) is 10.2. The minimum Gasteiger partial charge on any atom is -0.493 e. The highest BCUT2D eigenvalue weighted by Crippen LogP contribution is 2.31. The van der Waals surface area contributed by atoms with Gasteiger partial charge in [0.15, 0.2) is 0 Å². The van der Waals surface area contributed by atoms with E-state index in [1.54, 1.807) is 0 Å². The molecule has 0 spiro atoms. The van der Waals surface area contributed by atoms with Crippen molar-refractivity contribution in [1.29, 1.82) is 0 Å². The van der Waals surface area contributed by atoms with Crippen LogP contribution in [0.1, 0.15) is 24.0 Å². The third-order valence-corrected chi connectivity index (χ3v) is 3.48. The Morgan fingerprint density at radius 1 is 1.29 bits per heavy atom. The van der Waals surface area contributed by atoms with E-state index in [0.717, 1.165) is 22.7 Å². The Hall–Kier alpha value is -0.500. The molecule has 0 bridgehead atoms. The van der Waals surface area contributed by atoms with E-state index < -0.39 is 0 Å². The lowest BCUT2D eigenvalue weighted by Gasteiger charge is -2.10. The Morgan fingerprint density at radius 3 is 2.64 bits per heavy atom. The lowest BCUT2D eigenvalue weighted by molar-refractivity contribution is 0.297. The summed E-state index contributed by atoms with van der Waals surface area (Å²) in [4.78, 5) is 0. The molecule has 1 nitrogen and oxygen atoms in total. The van der Waals surface area contributed by atoms with Crippen molar-refractivity contribution in [2.75, 3.05) is 6.61 Å². The minimum atomic E-state index is 0.818. The molecule has 0 aromatic heterocycles. The van der Waals surface area contributed by atoms with E-state index in [9.17, 15) is 0 Å². The number of halogens is 1. The normalized spacial score (nSPS) is 15.6. The van der Waals surface area contributed by atoms with E-state index >= 15 is 0 Å². The molecule has 0 saturated heterocycles. The van der Waals surface area contributed by atoms with Crippen molar-refractivity contribution in [3.8, 4) is 5.75 Å². The molecule has 1 saturated carbocycles. The Morgan fingerprint density at radius 2 is 2.00 bits per heavy atom.